The summed E-state index contributed by atoms with van der Waals surface area (Å²) in [6, 6.07) is 12.6. The Hall–Kier alpha value is -1.83. The number of aromatic nitrogens is 1. The van der Waals surface area contributed by atoms with Crippen LogP contribution in [0.15, 0.2) is 42.6 Å². The first-order valence-corrected chi connectivity index (χ1v) is 9.01. The highest BCUT2D eigenvalue weighted by Gasteiger charge is 2.01. The number of unbranched alkanes of at least 4 members (excludes halogenated alkanes) is 4. The molecule has 0 radical (unpaired) electrons. The van der Waals surface area contributed by atoms with Crippen LogP contribution >= 0.6 is 0 Å². The molecule has 0 saturated heterocycles. The lowest BCUT2D eigenvalue weighted by atomic mass is 10.1. The van der Waals surface area contributed by atoms with Crippen LogP contribution < -0.4 is 4.74 Å². The van der Waals surface area contributed by atoms with Crippen molar-refractivity contribution in [3.05, 3.63) is 48.2 Å². The Morgan fingerprint density at radius 1 is 0.826 bits per heavy atom. The fraction of sp³-hybridized carbons (Fsp3) is 0.476. The van der Waals surface area contributed by atoms with Gasteiger partial charge in [-0.1, -0.05) is 45.6 Å². The van der Waals surface area contributed by atoms with Gasteiger partial charge in [0.05, 0.1) is 12.3 Å². The summed E-state index contributed by atoms with van der Waals surface area (Å²) < 4.78 is 5.70. The Bertz CT molecular complexity index is 545. The summed E-state index contributed by atoms with van der Waals surface area (Å²) >= 11 is 0. The van der Waals surface area contributed by atoms with Crippen molar-refractivity contribution in [1.29, 1.82) is 0 Å². The van der Waals surface area contributed by atoms with Gasteiger partial charge >= 0.3 is 0 Å². The van der Waals surface area contributed by atoms with Crippen molar-refractivity contribution in [3.8, 4) is 17.0 Å². The molecule has 0 aliphatic rings. The molecule has 0 bridgehead atoms. The van der Waals surface area contributed by atoms with Gasteiger partial charge in [-0.3, -0.25) is 4.98 Å². The number of nitrogens with zero attached hydrogens (tertiary/aromatic N) is 1. The summed E-state index contributed by atoms with van der Waals surface area (Å²) in [5.41, 5.74) is 3.51. The van der Waals surface area contributed by atoms with Crippen molar-refractivity contribution in [3.63, 3.8) is 0 Å². The van der Waals surface area contributed by atoms with Crippen molar-refractivity contribution in [2.75, 3.05) is 6.61 Å². The van der Waals surface area contributed by atoms with Crippen molar-refractivity contribution < 1.29 is 4.74 Å². The average Bonchev–Trinajstić information content (AvgIpc) is 2.60. The lowest BCUT2D eigenvalue weighted by Gasteiger charge is -2.07. The zero-order valence-electron chi connectivity index (χ0n) is 14.6. The van der Waals surface area contributed by atoms with E-state index in [1.165, 1.54) is 31.2 Å². The van der Waals surface area contributed by atoms with Crippen LogP contribution in [0.4, 0.5) is 0 Å². The number of benzene rings is 1. The summed E-state index contributed by atoms with van der Waals surface area (Å²) in [4.78, 5) is 4.61. The van der Waals surface area contributed by atoms with E-state index >= 15 is 0 Å². The van der Waals surface area contributed by atoms with E-state index < -0.39 is 0 Å². The van der Waals surface area contributed by atoms with E-state index in [2.05, 4.69) is 43.1 Å². The quantitative estimate of drug-likeness (QED) is 0.498. The van der Waals surface area contributed by atoms with Gasteiger partial charge < -0.3 is 4.74 Å². The third-order valence-electron chi connectivity index (χ3n) is 4.06. The van der Waals surface area contributed by atoms with Crippen LogP contribution in [0.3, 0.4) is 0 Å². The summed E-state index contributed by atoms with van der Waals surface area (Å²) in [5, 5.41) is 0. The zero-order valence-corrected chi connectivity index (χ0v) is 14.6. The molecule has 1 aromatic carbocycles. The van der Waals surface area contributed by atoms with Gasteiger partial charge in [0.15, 0.2) is 0 Å². The third kappa shape index (κ3) is 6.05. The molecule has 0 atom stereocenters. The molecule has 0 unspecified atom stereocenters. The first-order chi connectivity index (χ1) is 11.3. The molecule has 2 aromatic rings. The molecule has 2 heteroatoms. The van der Waals surface area contributed by atoms with Crippen molar-refractivity contribution in [1.82, 2.24) is 4.98 Å². The standard InChI is InChI=1S/C21H29NO/c1-3-5-7-8-9-18-10-15-21(22-17-18)19-11-13-20(14-12-19)23-16-6-4-2/h10-15,17H,3-9,16H2,1-2H3. The third-order valence-corrected chi connectivity index (χ3v) is 4.06. The molecule has 0 aliphatic carbocycles. The fourth-order valence-corrected chi connectivity index (χ4v) is 2.56. The highest BCUT2D eigenvalue weighted by molar-refractivity contribution is 5.60. The van der Waals surface area contributed by atoms with E-state index in [1.54, 1.807) is 0 Å². The van der Waals surface area contributed by atoms with E-state index in [-0.39, 0.29) is 0 Å². The van der Waals surface area contributed by atoms with Gasteiger partial charge in [-0.05, 0) is 55.2 Å². The molecule has 2 nitrogen and oxygen atoms in total. The number of ether oxygens (including phenoxy) is 1. The van der Waals surface area contributed by atoms with E-state index in [1.807, 2.05) is 18.3 Å². The van der Waals surface area contributed by atoms with E-state index in [0.29, 0.717) is 0 Å². The lowest BCUT2D eigenvalue weighted by molar-refractivity contribution is 0.309. The van der Waals surface area contributed by atoms with Gasteiger partial charge in [0.1, 0.15) is 5.75 Å². The minimum absolute atomic E-state index is 0.792. The molecule has 0 amide bonds. The summed E-state index contributed by atoms with van der Waals surface area (Å²) in [6.45, 7) is 5.21. The molecule has 0 fully saturated rings. The van der Waals surface area contributed by atoms with Crippen LogP contribution in [0.5, 0.6) is 5.75 Å². The summed E-state index contributed by atoms with van der Waals surface area (Å²) in [5.74, 6) is 0.940. The highest BCUT2D eigenvalue weighted by Crippen LogP contribution is 2.21. The van der Waals surface area contributed by atoms with Crippen LogP contribution in [0.2, 0.25) is 0 Å². The molecule has 23 heavy (non-hydrogen) atoms. The Labute approximate surface area is 140 Å². The Morgan fingerprint density at radius 3 is 2.26 bits per heavy atom. The number of pyridine rings is 1. The average molecular weight is 311 g/mol. The van der Waals surface area contributed by atoms with Crippen LogP contribution in [0.25, 0.3) is 11.3 Å². The van der Waals surface area contributed by atoms with Crippen molar-refractivity contribution in [2.45, 2.75) is 58.8 Å². The maximum atomic E-state index is 5.70. The van der Waals surface area contributed by atoms with Gasteiger partial charge in [0, 0.05) is 11.8 Å². The van der Waals surface area contributed by atoms with Crippen molar-refractivity contribution >= 4 is 0 Å². The predicted molar refractivity (Wildman–Crippen MR) is 97.9 cm³/mol. The molecule has 0 saturated carbocycles. The number of hydrogen-bond acceptors (Lipinski definition) is 2. The second-order valence-electron chi connectivity index (χ2n) is 6.09. The molecule has 124 valence electrons. The Balaban J connectivity index is 1.88. The van der Waals surface area contributed by atoms with Crippen LogP contribution in [-0.2, 0) is 6.42 Å². The normalized spacial score (nSPS) is 10.7. The van der Waals surface area contributed by atoms with Gasteiger partial charge in [0.2, 0.25) is 0 Å². The predicted octanol–water partition coefficient (Wildman–Crippen LogP) is 6.05. The molecule has 1 heterocycles. The topological polar surface area (TPSA) is 22.1 Å². The monoisotopic (exact) mass is 311 g/mol. The molecule has 0 N–H and O–H groups in total. The maximum absolute atomic E-state index is 5.70. The minimum atomic E-state index is 0.792. The molecule has 0 spiro atoms. The maximum Gasteiger partial charge on any atom is 0.119 e. The van der Waals surface area contributed by atoms with Gasteiger partial charge in [-0.2, -0.15) is 0 Å². The van der Waals surface area contributed by atoms with Crippen LogP contribution in [0.1, 0.15) is 57.9 Å². The minimum Gasteiger partial charge on any atom is -0.494 e. The Kier molecular flexibility index (Phi) is 7.65. The van der Waals surface area contributed by atoms with E-state index in [9.17, 15) is 0 Å². The highest BCUT2D eigenvalue weighted by atomic mass is 16.5. The van der Waals surface area contributed by atoms with Gasteiger partial charge in [0.25, 0.3) is 0 Å². The van der Waals surface area contributed by atoms with Crippen LogP contribution in [-0.4, -0.2) is 11.6 Å². The van der Waals surface area contributed by atoms with E-state index in [0.717, 1.165) is 42.9 Å². The smallest absolute Gasteiger partial charge is 0.119 e. The number of hydrogen-bond donors (Lipinski definition) is 0. The zero-order chi connectivity index (χ0) is 16.3. The lowest BCUT2D eigenvalue weighted by Crippen LogP contribution is -1.96. The molecule has 2 rings (SSSR count). The van der Waals surface area contributed by atoms with Gasteiger partial charge in [-0.25, -0.2) is 0 Å². The SMILES string of the molecule is CCCCCCc1ccc(-c2ccc(OCCCC)cc2)nc1. The summed E-state index contributed by atoms with van der Waals surface area (Å²) in [6.07, 6.45) is 10.6. The largest absolute Gasteiger partial charge is 0.494 e. The van der Waals surface area contributed by atoms with E-state index in [4.69, 9.17) is 4.74 Å². The number of rotatable bonds is 10. The van der Waals surface area contributed by atoms with Crippen molar-refractivity contribution in [2.24, 2.45) is 0 Å². The Morgan fingerprint density at radius 2 is 1.61 bits per heavy atom. The fourth-order valence-electron chi connectivity index (χ4n) is 2.56. The second-order valence-corrected chi connectivity index (χ2v) is 6.09. The first kappa shape index (κ1) is 17.5. The summed E-state index contributed by atoms with van der Waals surface area (Å²) in [7, 11) is 0. The molecule has 1 aromatic heterocycles. The second kappa shape index (κ2) is 10.0. The number of aryl methyl sites for hydroxylation is 1. The first-order valence-electron chi connectivity index (χ1n) is 9.01. The molecule has 0 aliphatic heterocycles. The van der Waals surface area contributed by atoms with Gasteiger partial charge in [-0.15, -0.1) is 0 Å². The molecular weight excluding hydrogens is 282 g/mol. The van der Waals surface area contributed by atoms with Crippen LogP contribution in [0, 0.1) is 0 Å². The molecular formula is C21H29NO.